The van der Waals surface area contributed by atoms with Gasteiger partial charge in [-0.25, -0.2) is 4.39 Å². The zero-order chi connectivity index (χ0) is 24.2. The predicted octanol–water partition coefficient (Wildman–Crippen LogP) is 4.85. The summed E-state index contributed by atoms with van der Waals surface area (Å²) in [6.45, 7) is 6.13. The van der Waals surface area contributed by atoms with Crippen LogP contribution in [0.1, 0.15) is 35.2 Å². The van der Waals surface area contributed by atoms with Crippen molar-refractivity contribution >= 4 is 16.9 Å². The number of aryl methyl sites for hydroxylation is 2. The quantitative estimate of drug-likeness (QED) is 0.390. The van der Waals surface area contributed by atoms with E-state index in [0.29, 0.717) is 18.6 Å². The zero-order valence-electron chi connectivity index (χ0n) is 19.9. The highest BCUT2D eigenvalue weighted by molar-refractivity contribution is 5.80. The number of aromatic nitrogens is 2. The fraction of sp³-hybridized carbons (Fsp3) is 0.286. The summed E-state index contributed by atoms with van der Waals surface area (Å²) in [5.41, 5.74) is 6.79. The highest BCUT2D eigenvalue weighted by atomic mass is 19.1. The van der Waals surface area contributed by atoms with E-state index in [2.05, 4.69) is 60.8 Å². The molecule has 0 saturated heterocycles. The van der Waals surface area contributed by atoms with Gasteiger partial charge >= 0.3 is 0 Å². The number of hydrogen-bond acceptors (Lipinski definition) is 2. The van der Waals surface area contributed by atoms with E-state index in [1.54, 1.807) is 0 Å². The van der Waals surface area contributed by atoms with Crippen molar-refractivity contribution in [3.8, 4) is 0 Å². The minimum Gasteiger partial charge on any atom is -0.351 e. The Kier molecular flexibility index (Phi) is 6.96. The Labute approximate surface area is 199 Å². The third kappa shape index (κ3) is 5.11. The summed E-state index contributed by atoms with van der Waals surface area (Å²) in [5, 5.41) is 11.8. The van der Waals surface area contributed by atoms with Crippen LogP contribution in [0.3, 0.4) is 0 Å². The van der Waals surface area contributed by atoms with E-state index < -0.39 is 12.1 Å². The van der Waals surface area contributed by atoms with Gasteiger partial charge in [-0.05, 0) is 50.5 Å². The Morgan fingerprint density at radius 3 is 2.06 bits per heavy atom. The van der Waals surface area contributed by atoms with E-state index in [0.717, 1.165) is 22.2 Å². The maximum atomic E-state index is 13.6. The number of carbonyl (C=O) groups excluding carboxylic acids is 1. The molecule has 0 radical (unpaired) electrons. The minimum atomic E-state index is -1.58. The number of halogens is 1. The molecule has 0 spiro atoms. The molecule has 2 unspecified atom stereocenters. The average molecular weight is 459 g/mol. The van der Waals surface area contributed by atoms with E-state index in [1.807, 2.05) is 40.3 Å². The summed E-state index contributed by atoms with van der Waals surface area (Å²) in [6, 6.07) is 24.3. The van der Waals surface area contributed by atoms with Gasteiger partial charge in [-0.15, -0.1) is 0 Å². The van der Waals surface area contributed by atoms with Crippen molar-refractivity contribution in [2.45, 2.75) is 46.0 Å². The standard InChI is InChI=1S/C28H31FN4O/c1-19-8-12-22(13-9-19)16-24(17-31-27(34)21(3)29)33-26-7-5-4-6-25(26)32(28(33)30)18-23-14-10-20(2)11-15-23/h4-15,21,24,30H,16-18H2,1-3H3,(H,31,34). The van der Waals surface area contributed by atoms with Crippen molar-refractivity contribution in [2.24, 2.45) is 0 Å². The third-order valence-corrected chi connectivity index (χ3v) is 6.21. The minimum absolute atomic E-state index is 0.232. The van der Waals surface area contributed by atoms with Gasteiger partial charge in [0.1, 0.15) is 0 Å². The molecule has 1 amide bonds. The first kappa shape index (κ1) is 23.5. The molecule has 176 valence electrons. The number of benzene rings is 3. The second-order valence-corrected chi connectivity index (χ2v) is 8.96. The Bertz CT molecular complexity index is 1330. The number of rotatable bonds is 8. The van der Waals surface area contributed by atoms with Crippen molar-refractivity contribution in [3.63, 3.8) is 0 Å². The van der Waals surface area contributed by atoms with Gasteiger partial charge in [0.25, 0.3) is 5.91 Å². The molecular formula is C28H31FN4O. The van der Waals surface area contributed by atoms with Crippen LogP contribution in [0, 0.1) is 19.3 Å². The van der Waals surface area contributed by atoms with Crippen molar-refractivity contribution in [1.29, 1.82) is 5.41 Å². The van der Waals surface area contributed by atoms with Gasteiger partial charge in [0.2, 0.25) is 5.62 Å². The van der Waals surface area contributed by atoms with Gasteiger partial charge < -0.3 is 14.5 Å². The van der Waals surface area contributed by atoms with Gasteiger partial charge in [0.05, 0.1) is 23.6 Å². The van der Waals surface area contributed by atoms with Gasteiger partial charge in [0, 0.05) is 6.54 Å². The number of imidazole rings is 1. The van der Waals surface area contributed by atoms with Gasteiger partial charge in [-0.1, -0.05) is 71.8 Å². The number of fused-ring (bicyclic) bond motifs is 1. The maximum absolute atomic E-state index is 13.6. The number of hydrogen-bond donors (Lipinski definition) is 2. The van der Waals surface area contributed by atoms with Crippen LogP contribution >= 0.6 is 0 Å². The molecule has 1 aromatic heterocycles. The molecule has 3 aromatic carbocycles. The first-order valence-electron chi connectivity index (χ1n) is 11.6. The molecule has 0 fully saturated rings. The molecule has 34 heavy (non-hydrogen) atoms. The monoisotopic (exact) mass is 458 g/mol. The van der Waals surface area contributed by atoms with E-state index in [-0.39, 0.29) is 12.6 Å². The lowest BCUT2D eigenvalue weighted by Gasteiger charge is -2.21. The van der Waals surface area contributed by atoms with Crippen LogP contribution in [-0.4, -0.2) is 27.8 Å². The van der Waals surface area contributed by atoms with Crippen molar-refractivity contribution in [3.05, 3.63) is 101 Å². The smallest absolute Gasteiger partial charge is 0.254 e. The number of carbonyl (C=O) groups is 1. The molecule has 4 rings (SSSR count). The van der Waals surface area contributed by atoms with Gasteiger partial charge in [0.15, 0.2) is 6.17 Å². The Morgan fingerprint density at radius 2 is 1.47 bits per heavy atom. The molecule has 6 heteroatoms. The second-order valence-electron chi connectivity index (χ2n) is 8.96. The van der Waals surface area contributed by atoms with Gasteiger partial charge in [-0.3, -0.25) is 10.2 Å². The molecule has 0 aliphatic carbocycles. The SMILES string of the molecule is Cc1ccc(CC(CNC(=O)C(C)F)n2c(=N)n(Cc3ccc(C)cc3)c3ccccc32)cc1. The van der Waals surface area contributed by atoms with Crippen molar-refractivity contribution < 1.29 is 9.18 Å². The highest BCUT2D eigenvalue weighted by Crippen LogP contribution is 2.22. The Hall–Kier alpha value is -3.67. The number of amides is 1. The summed E-state index contributed by atoms with van der Waals surface area (Å²) < 4.78 is 17.5. The third-order valence-electron chi connectivity index (χ3n) is 6.21. The molecule has 0 saturated carbocycles. The molecule has 0 bridgehead atoms. The normalized spacial score (nSPS) is 13.1. The lowest BCUT2D eigenvalue weighted by Crippen LogP contribution is -2.39. The molecular weight excluding hydrogens is 427 g/mol. The lowest BCUT2D eigenvalue weighted by atomic mass is 10.0. The van der Waals surface area contributed by atoms with Crippen LogP contribution in [0.15, 0.2) is 72.8 Å². The molecule has 2 N–H and O–H groups in total. The topological polar surface area (TPSA) is 62.8 Å². The Balaban J connectivity index is 1.77. The van der Waals surface area contributed by atoms with Crippen LogP contribution < -0.4 is 10.9 Å². The summed E-state index contributed by atoms with van der Waals surface area (Å²) in [5.74, 6) is -0.635. The molecule has 1 heterocycles. The fourth-order valence-corrected chi connectivity index (χ4v) is 4.27. The predicted molar refractivity (Wildman–Crippen MR) is 134 cm³/mol. The van der Waals surface area contributed by atoms with Crippen molar-refractivity contribution in [1.82, 2.24) is 14.5 Å². The van der Waals surface area contributed by atoms with Crippen LogP contribution in [-0.2, 0) is 17.8 Å². The fourth-order valence-electron chi connectivity index (χ4n) is 4.27. The van der Waals surface area contributed by atoms with E-state index in [1.165, 1.54) is 18.1 Å². The first-order valence-corrected chi connectivity index (χ1v) is 11.6. The zero-order valence-corrected chi connectivity index (χ0v) is 19.9. The number of nitrogens with zero attached hydrogens (tertiary/aromatic N) is 2. The van der Waals surface area contributed by atoms with Crippen LogP contribution in [0.4, 0.5) is 4.39 Å². The van der Waals surface area contributed by atoms with E-state index in [9.17, 15) is 9.18 Å². The largest absolute Gasteiger partial charge is 0.351 e. The maximum Gasteiger partial charge on any atom is 0.254 e. The van der Waals surface area contributed by atoms with Crippen LogP contribution in [0.25, 0.3) is 11.0 Å². The Morgan fingerprint density at radius 1 is 0.912 bits per heavy atom. The average Bonchev–Trinajstić information content (AvgIpc) is 3.10. The first-order chi connectivity index (χ1) is 16.3. The molecule has 2 atom stereocenters. The van der Waals surface area contributed by atoms with Gasteiger partial charge in [-0.2, -0.15) is 0 Å². The number of alkyl halides is 1. The van der Waals surface area contributed by atoms with Crippen LogP contribution in [0.5, 0.6) is 0 Å². The highest BCUT2D eigenvalue weighted by Gasteiger charge is 2.21. The second kappa shape index (κ2) is 10.1. The molecule has 4 aromatic rings. The molecule has 0 aliphatic rings. The molecule has 5 nitrogen and oxygen atoms in total. The summed E-state index contributed by atoms with van der Waals surface area (Å²) in [4.78, 5) is 12.1. The number of para-hydroxylation sites is 2. The summed E-state index contributed by atoms with van der Waals surface area (Å²) in [7, 11) is 0. The summed E-state index contributed by atoms with van der Waals surface area (Å²) in [6.07, 6.45) is -0.973. The number of nitrogens with one attached hydrogen (secondary N) is 2. The lowest BCUT2D eigenvalue weighted by molar-refractivity contribution is -0.125. The summed E-state index contributed by atoms with van der Waals surface area (Å²) >= 11 is 0. The van der Waals surface area contributed by atoms with E-state index >= 15 is 0 Å². The van der Waals surface area contributed by atoms with Crippen molar-refractivity contribution in [2.75, 3.05) is 6.54 Å². The van der Waals surface area contributed by atoms with E-state index in [4.69, 9.17) is 5.41 Å². The molecule has 0 aliphatic heterocycles. The van der Waals surface area contributed by atoms with Crippen LogP contribution in [0.2, 0.25) is 0 Å².